The first-order valence-corrected chi connectivity index (χ1v) is 10.1. The van der Waals surface area contributed by atoms with E-state index in [4.69, 9.17) is 4.98 Å². The summed E-state index contributed by atoms with van der Waals surface area (Å²) in [5, 5.41) is 11.9. The Kier molecular flexibility index (Phi) is 5.62. The summed E-state index contributed by atoms with van der Waals surface area (Å²) >= 11 is 1.73. The Morgan fingerprint density at radius 1 is 1.00 bits per heavy atom. The van der Waals surface area contributed by atoms with Gasteiger partial charge in [-0.15, -0.1) is 0 Å². The van der Waals surface area contributed by atoms with Gasteiger partial charge in [0.1, 0.15) is 5.75 Å². The quantitative estimate of drug-likeness (QED) is 0.652. The molecule has 0 bridgehead atoms. The highest BCUT2D eigenvalue weighted by molar-refractivity contribution is 7.99. The van der Waals surface area contributed by atoms with Gasteiger partial charge in [-0.25, -0.2) is 4.98 Å². The predicted molar refractivity (Wildman–Crippen MR) is 109 cm³/mol. The maximum Gasteiger partial charge on any atom is 0.166 e. The lowest BCUT2D eigenvalue weighted by Gasteiger charge is -2.28. The first-order valence-electron chi connectivity index (χ1n) is 9.09. The number of benzene rings is 1. The molecule has 4 heteroatoms. The Hall–Kier alpha value is -1.42. The van der Waals surface area contributed by atoms with E-state index in [2.05, 4.69) is 72.5 Å². The molecule has 0 saturated carbocycles. The van der Waals surface area contributed by atoms with Gasteiger partial charge in [0.2, 0.25) is 0 Å². The number of thioether (sulfide) groups is 1. The maximum absolute atomic E-state index is 10.9. The third-order valence-corrected chi connectivity index (χ3v) is 5.15. The number of aryl methyl sites for hydroxylation is 1. The highest BCUT2D eigenvalue weighted by atomic mass is 32.2. The van der Waals surface area contributed by atoms with E-state index in [-0.39, 0.29) is 10.8 Å². The molecule has 0 spiro atoms. The second-order valence-electron chi connectivity index (χ2n) is 8.58. The molecule has 0 amide bonds. The highest BCUT2D eigenvalue weighted by Crippen LogP contribution is 2.42. The summed E-state index contributed by atoms with van der Waals surface area (Å²) in [6, 6.07) is 4.22. The zero-order valence-corrected chi connectivity index (χ0v) is 17.7. The van der Waals surface area contributed by atoms with Gasteiger partial charge >= 0.3 is 0 Å². The van der Waals surface area contributed by atoms with Crippen molar-refractivity contribution in [2.45, 2.75) is 77.8 Å². The fourth-order valence-electron chi connectivity index (χ4n) is 3.00. The van der Waals surface area contributed by atoms with Crippen LogP contribution in [0.1, 0.15) is 72.2 Å². The molecule has 0 unspecified atom stereocenters. The number of nitrogens with zero attached hydrogens (tertiary/aromatic N) is 1. The molecule has 1 aromatic heterocycles. The summed E-state index contributed by atoms with van der Waals surface area (Å²) in [4.78, 5) is 8.29. The van der Waals surface area contributed by atoms with Crippen LogP contribution in [0.15, 0.2) is 17.3 Å². The number of nitrogens with one attached hydrogen (secondary N) is 1. The van der Waals surface area contributed by atoms with Crippen molar-refractivity contribution in [2.24, 2.45) is 0 Å². The van der Waals surface area contributed by atoms with E-state index < -0.39 is 0 Å². The number of imidazole rings is 1. The number of aromatic hydroxyl groups is 1. The van der Waals surface area contributed by atoms with Crippen LogP contribution in [0.25, 0.3) is 11.3 Å². The Labute approximate surface area is 156 Å². The molecule has 0 saturated heterocycles. The topological polar surface area (TPSA) is 48.9 Å². The zero-order chi connectivity index (χ0) is 19.0. The smallest absolute Gasteiger partial charge is 0.166 e. The van der Waals surface area contributed by atoms with Gasteiger partial charge in [-0.3, -0.25) is 0 Å². The van der Waals surface area contributed by atoms with Gasteiger partial charge in [0.05, 0.1) is 5.69 Å². The fourth-order valence-corrected chi connectivity index (χ4v) is 3.62. The van der Waals surface area contributed by atoms with E-state index in [1.165, 1.54) is 0 Å². The molecule has 1 heterocycles. The van der Waals surface area contributed by atoms with Crippen LogP contribution in [0.3, 0.4) is 0 Å². The Morgan fingerprint density at radius 2 is 1.52 bits per heavy atom. The van der Waals surface area contributed by atoms with Gasteiger partial charge in [0.25, 0.3) is 0 Å². The van der Waals surface area contributed by atoms with Gasteiger partial charge in [-0.1, -0.05) is 67.2 Å². The normalized spacial score (nSPS) is 12.6. The fraction of sp³-hybridized carbons (Fsp3) is 0.571. The summed E-state index contributed by atoms with van der Waals surface area (Å²) < 4.78 is 0. The van der Waals surface area contributed by atoms with Crippen molar-refractivity contribution in [3.63, 3.8) is 0 Å². The first kappa shape index (κ1) is 19.9. The van der Waals surface area contributed by atoms with Crippen LogP contribution < -0.4 is 0 Å². The second-order valence-corrected chi connectivity index (χ2v) is 9.83. The lowest BCUT2D eigenvalue weighted by atomic mass is 9.78. The largest absolute Gasteiger partial charge is 0.507 e. The number of hydrogen-bond donors (Lipinski definition) is 2. The number of H-pyrrole nitrogens is 1. The molecular weight excluding hydrogens is 328 g/mol. The van der Waals surface area contributed by atoms with E-state index in [9.17, 15) is 5.11 Å². The number of phenolic OH excluding ortho intramolecular Hbond substituents is 1. The van der Waals surface area contributed by atoms with Crippen molar-refractivity contribution in [2.75, 3.05) is 5.75 Å². The minimum Gasteiger partial charge on any atom is -0.507 e. The standard InChI is InChI=1S/C21H32N2OS/c1-9-16-17(23-19(22-16)25-10-2)13-11-14(20(3,4)5)18(24)15(12-13)21(6,7)8/h11-12,24H,9-10H2,1-8H3,(H,22,23). The molecule has 3 nitrogen and oxygen atoms in total. The SMILES string of the molecule is CCSc1nc(-c2cc(C(C)(C)C)c(O)c(C(C)(C)C)c2)c(CC)[nH]1. The van der Waals surface area contributed by atoms with E-state index in [1.54, 1.807) is 11.8 Å². The average molecular weight is 361 g/mol. The predicted octanol–water partition coefficient (Wildman–Crippen LogP) is 6.05. The third-order valence-electron chi connectivity index (χ3n) is 4.39. The van der Waals surface area contributed by atoms with Crippen LogP contribution >= 0.6 is 11.8 Å². The first-order chi connectivity index (χ1) is 11.5. The van der Waals surface area contributed by atoms with Crippen molar-refractivity contribution in [1.29, 1.82) is 0 Å². The Bertz CT molecular complexity index is 713. The van der Waals surface area contributed by atoms with Crippen molar-refractivity contribution in [3.8, 4) is 17.0 Å². The zero-order valence-electron chi connectivity index (χ0n) is 16.9. The van der Waals surface area contributed by atoms with Crippen molar-refractivity contribution in [1.82, 2.24) is 9.97 Å². The van der Waals surface area contributed by atoms with Crippen LogP contribution in [0.4, 0.5) is 0 Å². The molecule has 2 N–H and O–H groups in total. The van der Waals surface area contributed by atoms with Crippen molar-refractivity contribution in [3.05, 3.63) is 29.0 Å². The summed E-state index contributed by atoms with van der Waals surface area (Å²) in [6.45, 7) is 17.1. The molecule has 2 aromatic rings. The molecule has 0 fully saturated rings. The van der Waals surface area contributed by atoms with Gasteiger partial charge < -0.3 is 10.1 Å². The minimum atomic E-state index is -0.135. The van der Waals surface area contributed by atoms with E-state index in [1.807, 2.05) is 0 Å². The summed E-state index contributed by atoms with van der Waals surface area (Å²) in [6.07, 6.45) is 0.906. The lowest BCUT2D eigenvalue weighted by Crippen LogP contribution is -2.17. The summed E-state index contributed by atoms with van der Waals surface area (Å²) in [7, 11) is 0. The minimum absolute atomic E-state index is 0.135. The molecule has 138 valence electrons. The van der Waals surface area contributed by atoms with Crippen LogP contribution in [0.5, 0.6) is 5.75 Å². The second kappa shape index (κ2) is 7.06. The van der Waals surface area contributed by atoms with Gasteiger partial charge in [0.15, 0.2) is 5.16 Å². The molecule has 0 aliphatic rings. The lowest BCUT2D eigenvalue weighted by molar-refractivity contribution is 0.423. The van der Waals surface area contributed by atoms with Crippen LogP contribution in [-0.4, -0.2) is 20.8 Å². The molecule has 25 heavy (non-hydrogen) atoms. The Morgan fingerprint density at radius 3 is 1.92 bits per heavy atom. The molecule has 0 aliphatic heterocycles. The van der Waals surface area contributed by atoms with Gasteiger partial charge in [0, 0.05) is 22.4 Å². The Balaban J connectivity index is 2.74. The number of phenols is 1. The molecular formula is C21H32N2OS. The van der Waals surface area contributed by atoms with Crippen molar-refractivity contribution >= 4 is 11.8 Å². The van der Waals surface area contributed by atoms with Crippen LogP contribution in [0, 0.1) is 0 Å². The van der Waals surface area contributed by atoms with Gasteiger partial charge in [-0.2, -0.15) is 0 Å². The number of aromatic nitrogens is 2. The molecule has 0 atom stereocenters. The van der Waals surface area contributed by atoms with Crippen molar-refractivity contribution < 1.29 is 5.11 Å². The van der Waals surface area contributed by atoms with Gasteiger partial charge in [-0.05, 0) is 35.1 Å². The number of rotatable bonds is 4. The number of hydrogen-bond acceptors (Lipinski definition) is 3. The molecule has 0 aliphatic carbocycles. The van der Waals surface area contributed by atoms with E-state index in [0.29, 0.717) is 5.75 Å². The maximum atomic E-state index is 10.9. The van der Waals surface area contributed by atoms with Crippen LogP contribution in [0.2, 0.25) is 0 Å². The van der Waals surface area contributed by atoms with E-state index >= 15 is 0 Å². The molecule has 0 radical (unpaired) electrons. The molecule has 2 rings (SSSR count). The summed E-state index contributed by atoms with van der Waals surface area (Å²) in [5.74, 6) is 1.41. The number of aromatic amines is 1. The molecule has 1 aromatic carbocycles. The third kappa shape index (κ3) is 4.22. The highest BCUT2D eigenvalue weighted by Gasteiger charge is 2.27. The van der Waals surface area contributed by atoms with E-state index in [0.717, 1.165) is 45.4 Å². The monoisotopic (exact) mass is 360 g/mol. The van der Waals surface area contributed by atoms with Crippen LogP contribution in [-0.2, 0) is 17.3 Å². The summed E-state index contributed by atoms with van der Waals surface area (Å²) in [5.41, 5.74) is 4.93. The average Bonchev–Trinajstić information content (AvgIpc) is 2.88.